The van der Waals surface area contributed by atoms with E-state index in [9.17, 15) is 4.79 Å². The first-order valence-electron chi connectivity index (χ1n) is 7.80. The van der Waals surface area contributed by atoms with E-state index < -0.39 is 0 Å². The summed E-state index contributed by atoms with van der Waals surface area (Å²) in [5.74, 6) is 1.76. The molecule has 118 valence electrons. The van der Waals surface area contributed by atoms with Crippen molar-refractivity contribution in [1.29, 1.82) is 0 Å². The molecule has 0 radical (unpaired) electrons. The fourth-order valence-electron chi connectivity index (χ4n) is 2.72. The zero-order valence-electron chi connectivity index (χ0n) is 13.2. The van der Waals surface area contributed by atoms with Crippen LogP contribution in [-0.2, 0) is 7.05 Å². The molecular formula is C15H27N5O. The van der Waals surface area contributed by atoms with Crippen LogP contribution >= 0.6 is 0 Å². The molecule has 6 heteroatoms. The number of piperidine rings is 1. The lowest BCUT2D eigenvalue weighted by Crippen LogP contribution is -2.43. The summed E-state index contributed by atoms with van der Waals surface area (Å²) in [5, 5.41) is 9.39. The van der Waals surface area contributed by atoms with Crippen molar-refractivity contribution in [2.45, 2.75) is 32.7 Å². The molecular weight excluding hydrogens is 266 g/mol. The number of hydrogen-bond donors (Lipinski definition) is 3. The third kappa shape index (κ3) is 4.46. The maximum Gasteiger partial charge on any atom is 0.315 e. The Balaban J connectivity index is 1.85. The average molecular weight is 293 g/mol. The van der Waals surface area contributed by atoms with Gasteiger partial charge in [-0.25, -0.2) is 9.78 Å². The summed E-state index contributed by atoms with van der Waals surface area (Å²) in [6.45, 7) is 7.03. The van der Waals surface area contributed by atoms with Crippen LogP contribution in [0.25, 0.3) is 0 Å². The summed E-state index contributed by atoms with van der Waals surface area (Å²) in [7, 11) is 1.95. The van der Waals surface area contributed by atoms with Gasteiger partial charge in [0.15, 0.2) is 0 Å². The number of rotatable bonds is 5. The van der Waals surface area contributed by atoms with Crippen molar-refractivity contribution in [3.63, 3.8) is 0 Å². The summed E-state index contributed by atoms with van der Waals surface area (Å²) in [6.07, 6.45) is 5.93. The number of hydrogen-bond acceptors (Lipinski definition) is 3. The van der Waals surface area contributed by atoms with Crippen molar-refractivity contribution in [2.24, 2.45) is 18.9 Å². The van der Waals surface area contributed by atoms with E-state index in [1.165, 1.54) is 0 Å². The topological polar surface area (TPSA) is 71.0 Å². The number of aryl methyl sites for hydroxylation is 1. The molecule has 1 aromatic rings. The van der Waals surface area contributed by atoms with Gasteiger partial charge in [-0.1, -0.05) is 13.8 Å². The Morgan fingerprint density at radius 1 is 1.48 bits per heavy atom. The summed E-state index contributed by atoms with van der Waals surface area (Å²) in [6, 6.07) is -0.173. The number of aromatic nitrogens is 2. The van der Waals surface area contributed by atoms with E-state index >= 15 is 0 Å². The number of amides is 2. The highest BCUT2D eigenvalue weighted by Gasteiger charge is 2.22. The highest BCUT2D eigenvalue weighted by molar-refractivity contribution is 5.74. The minimum atomic E-state index is -0.102. The molecule has 1 atom stereocenters. The molecule has 2 rings (SSSR count). The SMILES string of the molecule is CC(C)[C@@H](NC(=O)NCC1CCNCC1)c1nccn1C. The van der Waals surface area contributed by atoms with Crippen molar-refractivity contribution >= 4 is 6.03 Å². The molecule has 1 aliphatic heterocycles. The summed E-state index contributed by atoms with van der Waals surface area (Å²) >= 11 is 0. The first-order chi connectivity index (χ1) is 10.1. The Hall–Kier alpha value is -1.56. The molecule has 0 spiro atoms. The van der Waals surface area contributed by atoms with Crippen LogP contribution in [0.15, 0.2) is 12.4 Å². The zero-order chi connectivity index (χ0) is 15.2. The lowest BCUT2D eigenvalue weighted by atomic mass is 9.98. The van der Waals surface area contributed by atoms with E-state index in [-0.39, 0.29) is 18.0 Å². The molecule has 2 amide bonds. The molecule has 0 aromatic carbocycles. The highest BCUT2D eigenvalue weighted by Crippen LogP contribution is 2.19. The number of nitrogens with zero attached hydrogens (tertiary/aromatic N) is 2. The van der Waals surface area contributed by atoms with Gasteiger partial charge in [0.25, 0.3) is 0 Å². The van der Waals surface area contributed by atoms with Crippen molar-refractivity contribution in [3.05, 3.63) is 18.2 Å². The Bertz CT molecular complexity index is 451. The van der Waals surface area contributed by atoms with Gasteiger partial charge in [-0.2, -0.15) is 0 Å². The van der Waals surface area contributed by atoms with Crippen LogP contribution in [0.1, 0.15) is 38.6 Å². The van der Waals surface area contributed by atoms with Crippen molar-refractivity contribution in [3.8, 4) is 0 Å². The first kappa shape index (κ1) is 15.8. The first-order valence-corrected chi connectivity index (χ1v) is 7.80. The number of imidazole rings is 1. The summed E-state index contributed by atoms with van der Waals surface area (Å²) < 4.78 is 1.96. The van der Waals surface area contributed by atoms with Gasteiger partial charge in [-0.3, -0.25) is 0 Å². The second kappa shape index (κ2) is 7.45. The maximum atomic E-state index is 12.1. The molecule has 1 fully saturated rings. The molecule has 1 aromatic heterocycles. The lowest BCUT2D eigenvalue weighted by molar-refractivity contribution is 0.228. The van der Waals surface area contributed by atoms with Crippen LogP contribution in [-0.4, -0.2) is 35.2 Å². The third-order valence-electron chi connectivity index (χ3n) is 4.10. The molecule has 1 aliphatic rings. The predicted octanol–water partition coefficient (Wildman–Crippen LogP) is 1.42. The van der Waals surface area contributed by atoms with Gasteiger partial charge in [0.2, 0.25) is 0 Å². The van der Waals surface area contributed by atoms with E-state index in [4.69, 9.17) is 0 Å². The highest BCUT2D eigenvalue weighted by atomic mass is 16.2. The quantitative estimate of drug-likeness (QED) is 0.769. The van der Waals surface area contributed by atoms with Gasteiger partial charge in [0.1, 0.15) is 5.82 Å². The fraction of sp³-hybridized carbons (Fsp3) is 0.733. The average Bonchev–Trinajstić information content (AvgIpc) is 2.89. The number of urea groups is 1. The van der Waals surface area contributed by atoms with Gasteiger partial charge < -0.3 is 20.5 Å². The van der Waals surface area contributed by atoms with Crippen LogP contribution in [0.5, 0.6) is 0 Å². The maximum absolute atomic E-state index is 12.1. The van der Waals surface area contributed by atoms with Crippen molar-refractivity contribution in [2.75, 3.05) is 19.6 Å². The van der Waals surface area contributed by atoms with Gasteiger partial charge in [-0.15, -0.1) is 0 Å². The number of nitrogens with one attached hydrogen (secondary N) is 3. The third-order valence-corrected chi connectivity index (χ3v) is 4.10. The van der Waals surface area contributed by atoms with Crippen molar-refractivity contribution in [1.82, 2.24) is 25.5 Å². The molecule has 6 nitrogen and oxygen atoms in total. The Morgan fingerprint density at radius 2 is 2.19 bits per heavy atom. The molecule has 2 heterocycles. The molecule has 1 saturated heterocycles. The monoisotopic (exact) mass is 293 g/mol. The standard InChI is InChI=1S/C15H27N5O/c1-11(2)13(14-17-8-9-20(14)3)19-15(21)18-10-12-4-6-16-7-5-12/h8-9,11-13,16H,4-7,10H2,1-3H3,(H2,18,19,21)/t13-/m1/s1. The minimum absolute atomic E-state index is 0.0713. The van der Waals surface area contributed by atoms with Gasteiger partial charge >= 0.3 is 6.03 Å². The second-order valence-electron chi connectivity index (χ2n) is 6.17. The van der Waals surface area contributed by atoms with Crippen LogP contribution in [0.2, 0.25) is 0 Å². The van der Waals surface area contributed by atoms with Crippen LogP contribution in [0.4, 0.5) is 4.79 Å². The largest absolute Gasteiger partial charge is 0.338 e. The molecule has 21 heavy (non-hydrogen) atoms. The van der Waals surface area contributed by atoms with E-state index in [2.05, 4.69) is 34.8 Å². The number of carbonyl (C=O) groups is 1. The van der Waals surface area contributed by atoms with Crippen LogP contribution in [0.3, 0.4) is 0 Å². The number of carbonyl (C=O) groups excluding carboxylic acids is 1. The Labute approximate surface area is 126 Å². The van der Waals surface area contributed by atoms with Gasteiger partial charge in [0.05, 0.1) is 6.04 Å². The van der Waals surface area contributed by atoms with Gasteiger partial charge in [0, 0.05) is 26.0 Å². The Kier molecular flexibility index (Phi) is 5.61. The molecule has 0 aliphatic carbocycles. The molecule has 0 saturated carbocycles. The summed E-state index contributed by atoms with van der Waals surface area (Å²) in [4.78, 5) is 16.5. The Morgan fingerprint density at radius 3 is 2.76 bits per heavy atom. The lowest BCUT2D eigenvalue weighted by Gasteiger charge is -2.25. The van der Waals surface area contributed by atoms with E-state index in [0.717, 1.165) is 38.3 Å². The van der Waals surface area contributed by atoms with Crippen molar-refractivity contribution < 1.29 is 4.79 Å². The summed E-state index contributed by atoms with van der Waals surface area (Å²) in [5.41, 5.74) is 0. The predicted molar refractivity (Wildman–Crippen MR) is 82.9 cm³/mol. The molecule has 0 unspecified atom stereocenters. The smallest absolute Gasteiger partial charge is 0.315 e. The zero-order valence-corrected chi connectivity index (χ0v) is 13.2. The second-order valence-corrected chi connectivity index (χ2v) is 6.17. The normalized spacial score (nSPS) is 17.7. The van der Waals surface area contributed by atoms with Gasteiger partial charge in [-0.05, 0) is 37.8 Å². The van der Waals surface area contributed by atoms with E-state index in [1.807, 2.05) is 17.8 Å². The van der Waals surface area contributed by atoms with Crippen LogP contribution in [0, 0.1) is 11.8 Å². The minimum Gasteiger partial charge on any atom is -0.338 e. The van der Waals surface area contributed by atoms with E-state index in [0.29, 0.717) is 5.92 Å². The molecule has 0 bridgehead atoms. The van der Waals surface area contributed by atoms with Crippen LogP contribution < -0.4 is 16.0 Å². The fourth-order valence-corrected chi connectivity index (χ4v) is 2.72. The van der Waals surface area contributed by atoms with E-state index in [1.54, 1.807) is 6.20 Å². The molecule has 3 N–H and O–H groups in total.